The van der Waals surface area contributed by atoms with Gasteiger partial charge in [-0.3, -0.25) is 9.48 Å². The molecule has 5 nitrogen and oxygen atoms in total. The van der Waals surface area contributed by atoms with Crippen LogP contribution < -0.4 is 4.90 Å². The van der Waals surface area contributed by atoms with Gasteiger partial charge < -0.3 is 4.90 Å². The molecule has 146 valence electrons. The SMILES string of the molecule is Cc1cc(C(=O)N(CCc2ccccc2)c2ccccc2)c2c(C)nn(C)c2n1. The van der Waals surface area contributed by atoms with E-state index in [0.717, 1.165) is 34.5 Å². The number of hydrogen-bond acceptors (Lipinski definition) is 3. The van der Waals surface area contributed by atoms with E-state index in [4.69, 9.17) is 0 Å². The summed E-state index contributed by atoms with van der Waals surface area (Å²) in [6.45, 7) is 4.43. The maximum Gasteiger partial charge on any atom is 0.259 e. The van der Waals surface area contributed by atoms with Crippen molar-refractivity contribution in [2.45, 2.75) is 20.3 Å². The number of amides is 1. The number of para-hydroxylation sites is 1. The number of nitrogens with zero attached hydrogens (tertiary/aromatic N) is 4. The number of aryl methyl sites for hydroxylation is 3. The van der Waals surface area contributed by atoms with Crippen LogP contribution in [0.3, 0.4) is 0 Å². The van der Waals surface area contributed by atoms with Crippen LogP contribution in [-0.4, -0.2) is 27.2 Å². The molecule has 5 heteroatoms. The Morgan fingerprint density at radius 2 is 1.66 bits per heavy atom. The number of carbonyl (C=O) groups excluding carboxylic acids is 1. The van der Waals surface area contributed by atoms with Crippen LogP contribution in [0.2, 0.25) is 0 Å². The molecule has 0 saturated carbocycles. The highest BCUT2D eigenvalue weighted by molar-refractivity contribution is 6.13. The molecule has 0 aliphatic heterocycles. The van der Waals surface area contributed by atoms with Crippen molar-refractivity contribution in [3.05, 3.63) is 89.2 Å². The second kappa shape index (κ2) is 7.87. The van der Waals surface area contributed by atoms with Gasteiger partial charge in [0.25, 0.3) is 5.91 Å². The number of hydrogen-bond donors (Lipinski definition) is 0. The minimum atomic E-state index is -0.0290. The summed E-state index contributed by atoms with van der Waals surface area (Å²) >= 11 is 0. The van der Waals surface area contributed by atoms with E-state index in [1.54, 1.807) is 4.68 Å². The zero-order valence-corrected chi connectivity index (χ0v) is 17.0. The van der Waals surface area contributed by atoms with Crippen LogP contribution >= 0.6 is 0 Å². The fourth-order valence-electron chi connectivity index (χ4n) is 3.73. The maximum absolute atomic E-state index is 13.8. The van der Waals surface area contributed by atoms with Gasteiger partial charge in [0.05, 0.1) is 16.6 Å². The molecule has 0 radical (unpaired) electrons. The van der Waals surface area contributed by atoms with Crippen molar-refractivity contribution in [2.75, 3.05) is 11.4 Å². The number of rotatable bonds is 5. The number of fused-ring (bicyclic) bond motifs is 1. The summed E-state index contributed by atoms with van der Waals surface area (Å²) in [6.07, 6.45) is 0.778. The highest BCUT2D eigenvalue weighted by Gasteiger charge is 2.23. The minimum Gasteiger partial charge on any atom is -0.308 e. The van der Waals surface area contributed by atoms with Crippen LogP contribution in [0.15, 0.2) is 66.7 Å². The summed E-state index contributed by atoms with van der Waals surface area (Å²) < 4.78 is 1.74. The van der Waals surface area contributed by atoms with Crippen LogP contribution in [0.5, 0.6) is 0 Å². The normalized spacial score (nSPS) is 11.0. The molecule has 0 unspecified atom stereocenters. The van der Waals surface area contributed by atoms with Crippen molar-refractivity contribution in [3.8, 4) is 0 Å². The van der Waals surface area contributed by atoms with Crippen LogP contribution in [-0.2, 0) is 13.5 Å². The van der Waals surface area contributed by atoms with E-state index in [0.29, 0.717) is 12.1 Å². The van der Waals surface area contributed by atoms with Crippen LogP contribution in [0.4, 0.5) is 5.69 Å². The van der Waals surface area contributed by atoms with Crippen LogP contribution in [0.25, 0.3) is 11.0 Å². The standard InChI is InChI=1S/C24H24N4O/c1-17-16-21(22-18(2)26-27(3)23(22)25-17)24(29)28(20-12-8-5-9-13-20)15-14-19-10-6-4-7-11-19/h4-13,16H,14-15H2,1-3H3. The number of carbonyl (C=O) groups is 1. The van der Waals surface area contributed by atoms with Crippen molar-refractivity contribution in [1.82, 2.24) is 14.8 Å². The molecule has 0 aliphatic carbocycles. The Balaban J connectivity index is 1.77. The molecule has 4 rings (SSSR count). The number of aromatic nitrogens is 3. The molecule has 0 N–H and O–H groups in total. The average molecular weight is 384 g/mol. The van der Waals surface area contributed by atoms with E-state index in [1.807, 2.05) is 80.4 Å². The topological polar surface area (TPSA) is 51.0 Å². The summed E-state index contributed by atoms with van der Waals surface area (Å²) in [7, 11) is 1.86. The zero-order chi connectivity index (χ0) is 20.4. The average Bonchev–Trinajstić information content (AvgIpc) is 3.02. The summed E-state index contributed by atoms with van der Waals surface area (Å²) in [5, 5.41) is 5.31. The molecule has 2 aromatic heterocycles. The molecule has 29 heavy (non-hydrogen) atoms. The van der Waals surface area contributed by atoms with Crippen molar-refractivity contribution in [3.63, 3.8) is 0 Å². The van der Waals surface area contributed by atoms with E-state index in [2.05, 4.69) is 22.2 Å². The minimum absolute atomic E-state index is 0.0290. The lowest BCUT2D eigenvalue weighted by molar-refractivity contribution is 0.0988. The van der Waals surface area contributed by atoms with Gasteiger partial charge in [0.2, 0.25) is 0 Å². The summed E-state index contributed by atoms with van der Waals surface area (Å²) in [5.74, 6) is -0.0290. The highest BCUT2D eigenvalue weighted by Crippen LogP contribution is 2.25. The van der Waals surface area contributed by atoms with Gasteiger partial charge in [-0.15, -0.1) is 0 Å². The molecule has 2 aromatic carbocycles. The molecule has 4 aromatic rings. The fourth-order valence-corrected chi connectivity index (χ4v) is 3.73. The first kappa shape index (κ1) is 18.9. The molecule has 0 atom stereocenters. The molecular formula is C24H24N4O. The van der Waals surface area contributed by atoms with Crippen molar-refractivity contribution >= 4 is 22.6 Å². The number of benzene rings is 2. The maximum atomic E-state index is 13.8. The van der Waals surface area contributed by atoms with Gasteiger partial charge in [-0.1, -0.05) is 48.5 Å². The van der Waals surface area contributed by atoms with E-state index >= 15 is 0 Å². The van der Waals surface area contributed by atoms with Crippen molar-refractivity contribution < 1.29 is 4.79 Å². The molecule has 0 fully saturated rings. The van der Waals surface area contributed by atoms with Gasteiger partial charge in [0.15, 0.2) is 5.65 Å². The smallest absolute Gasteiger partial charge is 0.259 e. The molecule has 0 saturated heterocycles. The van der Waals surface area contributed by atoms with E-state index in [1.165, 1.54) is 5.56 Å². The number of anilines is 1. The lowest BCUT2D eigenvalue weighted by Crippen LogP contribution is -2.33. The quantitative estimate of drug-likeness (QED) is 0.510. The molecule has 0 bridgehead atoms. The van der Waals surface area contributed by atoms with Gasteiger partial charge in [-0.05, 0) is 44.0 Å². The van der Waals surface area contributed by atoms with Gasteiger partial charge in [0, 0.05) is 25.0 Å². The highest BCUT2D eigenvalue weighted by atomic mass is 16.2. The van der Waals surface area contributed by atoms with Gasteiger partial charge >= 0.3 is 0 Å². The Hall–Kier alpha value is -3.47. The van der Waals surface area contributed by atoms with Crippen molar-refractivity contribution in [2.24, 2.45) is 7.05 Å². The third-order valence-electron chi connectivity index (χ3n) is 5.11. The second-order valence-corrected chi connectivity index (χ2v) is 7.25. The Kier molecular flexibility index (Phi) is 5.12. The Labute approximate surface area is 170 Å². The third-order valence-corrected chi connectivity index (χ3v) is 5.11. The first-order valence-electron chi connectivity index (χ1n) is 9.76. The zero-order valence-electron chi connectivity index (χ0n) is 17.0. The largest absolute Gasteiger partial charge is 0.308 e. The Bertz CT molecular complexity index is 1150. The summed E-state index contributed by atoms with van der Waals surface area (Å²) in [4.78, 5) is 20.2. The molecule has 0 spiro atoms. The molecular weight excluding hydrogens is 360 g/mol. The van der Waals surface area contributed by atoms with E-state index < -0.39 is 0 Å². The summed E-state index contributed by atoms with van der Waals surface area (Å²) in [5.41, 5.74) is 5.10. The first-order chi connectivity index (χ1) is 14.0. The number of pyridine rings is 1. The van der Waals surface area contributed by atoms with E-state index in [9.17, 15) is 4.79 Å². The monoisotopic (exact) mass is 384 g/mol. The van der Waals surface area contributed by atoms with Crippen LogP contribution in [0.1, 0.15) is 27.3 Å². The lowest BCUT2D eigenvalue weighted by Gasteiger charge is -2.23. The van der Waals surface area contributed by atoms with Gasteiger partial charge in [-0.25, -0.2) is 4.98 Å². The lowest BCUT2D eigenvalue weighted by atomic mass is 10.1. The first-order valence-corrected chi connectivity index (χ1v) is 9.76. The van der Waals surface area contributed by atoms with Gasteiger partial charge in [0.1, 0.15) is 0 Å². The van der Waals surface area contributed by atoms with E-state index in [-0.39, 0.29) is 5.91 Å². The molecule has 2 heterocycles. The Morgan fingerprint density at radius 1 is 1.00 bits per heavy atom. The third kappa shape index (κ3) is 3.76. The second-order valence-electron chi connectivity index (χ2n) is 7.25. The molecule has 0 aliphatic rings. The molecule has 1 amide bonds. The predicted octanol–water partition coefficient (Wildman–Crippen LogP) is 4.47. The fraction of sp³-hybridized carbons (Fsp3) is 0.208. The van der Waals surface area contributed by atoms with Crippen molar-refractivity contribution in [1.29, 1.82) is 0 Å². The predicted molar refractivity (Wildman–Crippen MR) is 116 cm³/mol. The van der Waals surface area contributed by atoms with Gasteiger partial charge in [-0.2, -0.15) is 5.10 Å². The Morgan fingerprint density at radius 3 is 2.34 bits per heavy atom. The summed E-state index contributed by atoms with van der Waals surface area (Å²) in [6, 6.07) is 21.9. The van der Waals surface area contributed by atoms with Crippen LogP contribution in [0, 0.1) is 13.8 Å².